The van der Waals surface area contributed by atoms with Crippen LogP contribution in [0.25, 0.3) is 11.4 Å². The molecule has 5 heteroatoms. The first-order chi connectivity index (χ1) is 13.7. The van der Waals surface area contributed by atoms with Crippen LogP contribution < -0.4 is 14.8 Å². The molecule has 144 valence electrons. The Hall–Kier alpha value is -3.08. The van der Waals surface area contributed by atoms with Gasteiger partial charge < -0.3 is 14.8 Å². The molecule has 0 spiro atoms. The van der Waals surface area contributed by atoms with Gasteiger partial charge in [0.05, 0.1) is 14.2 Å². The Morgan fingerprint density at radius 2 is 1.71 bits per heavy atom. The van der Waals surface area contributed by atoms with Crippen molar-refractivity contribution in [2.24, 2.45) is 0 Å². The molecule has 28 heavy (non-hydrogen) atoms. The molecule has 0 radical (unpaired) electrons. The maximum atomic E-state index is 5.41. The van der Waals surface area contributed by atoms with E-state index in [-0.39, 0.29) is 0 Å². The second-order valence-corrected chi connectivity index (χ2v) is 7.07. The zero-order valence-electron chi connectivity index (χ0n) is 16.3. The second-order valence-electron chi connectivity index (χ2n) is 7.07. The molecule has 0 amide bonds. The normalized spacial score (nSPS) is 16.0. The zero-order chi connectivity index (χ0) is 19.3. The third-order valence-corrected chi connectivity index (χ3v) is 5.23. The van der Waals surface area contributed by atoms with Crippen LogP contribution >= 0.6 is 0 Å². The lowest BCUT2D eigenvalue weighted by Crippen LogP contribution is -2.22. The number of aryl methyl sites for hydroxylation is 1. The summed E-state index contributed by atoms with van der Waals surface area (Å²) in [4.78, 5) is 9.15. The van der Waals surface area contributed by atoms with E-state index in [2.05, 4.69) is 28.5 Å². The van der Waals surface area contributed by atoms with Crippen LogP contribution in [0.3, 0.4) is 0 Å². The van der Waals surface area contributed by atoms with Crippen molar-refractivity contribution < 1.29 is 9.47 Å². The summed E-state index contributed by atoms with van der Waals surface area (Å²) in [6.07, 6.45) is 6.15. The molecular weight excluding hydrogens is 350 g/mol. The Morgan fingerprint density at radius 3 is 2.50 bits per heavy atom. The zero-order valence-corrected chi connectivity index (χ0v) is 16.3. The molecule has 2 aromatic carbocycles. The summed E-state index contributed by atoms with van der Waals surface area (Å²) in [5, 5.41) is 3.62. The molecule has 1 atom stereocenters. The molecule has 1 unspecified atom stereocenters. The molecule has 4 rings (SSSR count). The summed E-state index contributed by atoms with van der Waals surface area (Å²) in [7, 11) is 3.38. The second kappa shape index (κ2) is 8.30. The fourth-order valence-corrected chi connectivity index (χ4v) is 3.72. The number of rotatable bonds is 5. The summed E-state index contributed by atoms with van der Waals surface area (Å²) in [6.45, 7) is 0. The molecule has 0 saturated heterocycles. The van der Waals surface area contributed by atoms with E-state index in [4.69, 9.17) is 14.5 Å². The fraction of sp³-hybridized carbons (Fsp3) is 0.304. The summed E-state index contributed by atoms with van der Waals surface area (Å²) >= 11 is 0. The Bertz CT molecular complexity index is 941. The van der Waals surface area contributed by atoms with E-state index in [0.29, 0.717) is 11.9 Å². The van der Waals surface area contributed by atoms with Gasteiger partial charge in [-0.15, -0.1) is 0 Å². The summed E-state index contributed by atoms with van der Waals surface area (Å²) in [6, 6.07) is 16.5. The molecule has 5 nitrogen and oxygen atoms in total. The van der Waals surface area contributed by atoms with Crippen molar-refractivity contribution >= 4 is 5.82 Å². The van der Waals surface area contributed by atoms with E-state index in [1.807, 2.05) is 36.5 Å². The molecule has 0 bridgehead atoms. The standard InChI is InChI=1S/C23H25N3O2/c1-27-20-9-7-17(8-10-20)23-24-13-12-22(26-23)25-19-5-3-4-16-6-11-21(28-2)15-18(16)14-19/h6-13,15,19H,3-5,14H2,1-2H3,(H,24,25,26). The highest BCUT2D eigenvalue weighted by molar-refractivity contribution is 5.58. The number of anilines is 1. The van der Waals surface area contributed by atoms with E-state index in [0.717, 1.165) is 48.6 Å². The predicted octanol–water partition coefficient (Wildman–Crippen LogP) is 4.52. The molecule has 1 aliphatic rings. The number of hydrogen-bond acceptors (Lipinski definition) is 5. The van der Waals surface area contributed by atoms with Crippen LogP contribution in [-0.2, 0) is 12.8 Å². The number of fused-ring (bicyclic) bond motifs is 1. The van der Waals surface area contributed by atoms with Crippen molar-refractivity contribution in [3.05, 3.63) is 65.9 Å². The van der Waals surface area contributed by atoms with Gasteiger partial charge in [-0.25, -0.2) is 9.97 Å². The number of methoxy groups -OCH3 is 2. The van der Waals surface area contributed by atoms with Crippen LogP contribution in [-0.4, -0.2) is 30.2 Å². The van der Waals surface area contributed by atoms with Gasteiger partial charge in [0.1, 0.15) is 17.3 Å². The maximum absolute atomic E-state index is 5.41. The van der Waals surface area contributed by atoms with Gasteiger partial charge in [-0.2, -0.15) is 0 Å². The minimum atomic E-state index is 0.340. The van der Waals surface area contributed by atoms with Crippen LogP contribution in [0.15, 0.2) is 54.7 Å². The molecule has 1 aliphatic carbocycles. The maximum Gasteiger partial charge on any atom is 0.161 e. The van der Waals surface area contributed by atoms with Crippen LogP contribution in [0.5, 0.6) is 11.5 Å². The van der Waals surface area contributed by atoms with E-state index in [1.165, 1.54) is 11.1 Å². The molecule has 0 fully saturated rings. The fourth-order valence-electron chi connectivity index (χ4n) is 3.72. The number of nitrogens with zero attached hydrogens (tertiary/aromatic N) is 2. The lowest BCUT2D eigenvalue weighted by Gasteiger charge is -2.18. The summed E-state index contributed by atoms with van der Waals surface area (Å²) < 4.78 is 10.6. The number of benzene rings is 2. The monoisotopic (exact) mass is 375 g/mol. The van der Waals surface area contributed by atoms with Crippen molar-refractivity contribution in [3.8, 4) is 22.9 Å². The van der Waals surface area contributed by atoms with Gasteiger partial charge >= 0.3 is 0 Å². The van der Waals surface area contributed by atoms with Gasteiger partial charge in [0.2, 0.25) is 0 Å². The SMILES string of the molecule is COc1ccc(-c2nccc(NC3CCCc4ccc(OC)cc4C3)n2)cc1. The van der Waals surface area contributed by atoms with Crippen LogP contribution in [0.2, 0.25) is 0 Å². The van der Waals surface area contributed by atoms with Gasteiger partial charge in [0.15, 0.2) is 5.82 Å². The number of ether oxygens (including phenoxy) is 2. The summed E-state index contributed by atoms with van der Waals surface area (Å²) in [5.41, 5.74) is 3.76. The molecule has 1 N–H and O–H groups in total. The molecule has 0 aliphatic heterocycles. The molecule has 1 heterocycles. The first kappa shape index (κ1) is 18.3. The van der Waals surface area contributed by atoms with E-state index >= 15 is 0 Å². The van der Waals surface area contributed by atoms with Gasteiger partial charge in [0, 0.05) is 17.8 Å². The Labute approximate surface area is 165 Å². The molecule has 3 aromatic rings. The van der Waals surface area contributed by atoms with E-state index in [9.17, 15) is 0 Å². The largest absolute Gasteiger partial charge is 0.497 e. The Balaban J connectivity index is 1.52. The van der Waals surface area contributed by atoms with Gasteiger partial charge in [-0.3, -0.25) is 0 Å². The van der Waals surface area contributed by atoms with Crippen LogP contribution in [0, 0.1) is 0 Å². The Morgan fingerprint density at radius 1 is 0.929 bits per heavy atom. The van der Waals surface area contributed by atoms with Gasteiger partial charge in [0.25, 0.3) is 0 Å². The first-order valence-electron chi connectivity index (χ1n) is 9.65. The van der Waals surface area contributed by atoms with Crippen molar-refractivity contribution in [1.82, 2.24) is 9.97 Å². The van der Waals surface area contributed by atoms with Crippen molar-refractivity contribution in [3.63, 3.8) is 0 Å². The lowest BCUT2D eigenvalue weighted by molar-refractivity contribution is 0.414. The van der Waals surface area contributed by atoms with Crippen LogP contribution in [0.4, 0.5) is 5.82 Å². The lowest BCUT2D eigenvalue weighted by atomic mass is 10.0. The average molecular weight is 375 g/mol. The minimum Gasteiger partial charge on any atom is -0.497 e. The van der Waals surface area contributed by atoms with Crippen LogP contribution in [0.1, 0.15) is 24.0 Å². The smallest absolute Gasteiger partial charge is 0.161 e. The third-order valence-electron chi connectivity index (χ3n) is 5.23. The highest BCUT2D eigenvalue weighted by Gasteiger charge is 2.18. The van der Waals surface area contributed by atoms with E-state index in [1.54, 1.807) is 14.2 Å². The predicted molar refractivity (Wildman–Crippen MR) is 111 cm³/mol. The van der Waals surface area contributed by atoms with Crippen molar-refractivity contribution in [1.29, 1.82) is 0 Å². The number of nitrogens with one attached hydrogen (secondary N) is 1. The quantitative estimate of drug-likeness (QED) is 0.665. The molecular formula is C23H25N3O2. The van der Waals surface area contributed by atoms with Gasteiger partial charge in [-0.1, -0.05) is 6.07 Å². The Kier molecular flexibility index (Phi) is 5.42. The topological polar surface area (TPSA) is 56.3 Å². The number of hydrogen-bond donors (Lipinski definition) is 1. The molecule has 0 saturated carbocycles. The number of aromatic nitrogens is 2. The summed E-state index contributed by atoms with van der Waals surface area (Å²) in [5.74, 6) is 3.31. The van der Waals surface area contributed by atoms with Gasteiger partial charge in [-0.05, 0) is 79.3 Å². The molecule has 1 aromatic heterocycles. The highest BCUT2D eigenvalue weighted by atomic mass is 16.5. The van der Waals surface area contributed by atoms with Crippen molar-refractivity contribution in [2.75, 3.05) is 19.5 Å². The van der Waals surface area contributed by atoms with E-state index < -0.39 is 0 Å². The van der Waals surface area contributed by atoms with Crippen molar-refractivity contribution in [2.45, 2.75) is 31.7 Å². The minimum absolute atomic E-state index is 0.340. The third kappa shape index (κ3) is 4.09. The first-order valence-corrected chi connectivity index (χ1v) is 9.65. The highest BCUT2D eigenvalue weighted by Crippen LogP contribution is 2.27. The average Bonchev–Trinajstić information content (AvgIpc) is 2.95.